The molecule has 0 atom stereocenters. The molecule has 12 heavy (non-hydrogen) atoms. The van der Waals surface area contributed by atoms with Gasteiger partial charge in [-0.15, -0.1) is 5.73 Å². The second-order valence-corrected chi connectivity index (χ2v) is 2.08. The molecule has 0 spiro atoms. The summed E-state index contributed by atoms with van der Waals surface area (Å²) < 4.78 is 4.86. The van der Waals surface area contributed by atoms with E-state index in [2.05, 4.69) is 12.3 Å². The summed E-state index contributed by atoms with van der Waals surface area (Å²) >= 11 is 0. The molecule has 0 N–H and O–H groups in total. The molecule has 60 valence electrons. The number of rotatable bonds is 2. The van der Waals surface area contributed by atoms with E-state index in [1.165, 1.54) is 0 Å². The van der Waals surface area contributed by atoms with Crippen molar-refractivity contribution in [3.63, 3.8) is 0 Å². The number of hydrogen-bond acceptors (Lipinski definition) is 2. The molecule has 0 aliphatic rings. The van der Waals surface area contributed by atoms with Crippen LogP contribution in [-0.2, 0) is 4.79 Å². The Labute approximate surface area is 70.8 Å². The van der Waals surface area contributed by atoms with Gasteiger partial charge in [0.15, 0.2) is 0 Å². The largest absolute Gasteiger partial charge is 0.423 e. The Bertz CT molecular complexity index is 308. The lowest BCUT2D eigenvalue weighted by Crippen LogP contribution is -2.02. The van der Waals surface area contributed by atoms with Gasteiger partial charge in [-0.2, -0.15) is 0 Å². The number of hydrogen-bond donors (Lipinski definition) is 0. The molecule has 0 radical (unpaired) electrons. The molecule has 0 aliphatic carbocycles. The summed E-state index contributed by atoms with van der Waals surface area (Å²) in [5, 5.41) is 0. The van der Waals surface area contributed by atoms with Crippen molar-refractivity contribution in [1.29, 1.82) is 0 Å². The molecule has 0 aliphatic heterocycles. The van der Waals surface area contributed by atoms with E-state index >= 15 is 0 Å². The standard InChI is InChI=1S/C10H8O2/c1-2-6-10(11)12-9-7-4-3-5-8-9/h3-8H,1H2. The number of esters is 1. The minimum Gasteiger partial charge on any atom is -0.423 e. The fourth-order valence-corrected chi connectivity index (χ4v) is 0.717. The third-order valence-corrected chi connectivity index (χ3v) is 1.18. The average Bonchev–Trinajstić information content (AvgIpc) is 2.06. The number of ether oxygens (including phenoxy) is 1. The first-order valence-electron chi connectivity index (χ1n) is 3.45. The van der Waals surface area contributed by atoms with Gasteiger partial charge < -0.3 is 4.74 Å². The molecule has 1 rings (SSSR count). The van der Waals surface area contributed by atoms with E-state index in [1.807, 2.05) is 6.07 Å². The highest BCUT2D eigenvalue weighted by Crippen LogP contribution is 2.08. The Kier molecular flexibility index (Phi) is 2.88. The molecule has 0 amide bonds. The van der Waals surface area contributed by atoms with Gasteiger partial charge in [0.25, 0.3) is 0 Å². The number of para-hydroxylation sites is 1. The van der Waals surface area contributed by atoms with E-state index in [1.54, 1.807) is 24.3 Å². The summed E-state index contributed by atoms with van der Waals surface area (Å²) in [4.78, 5) is 10.8. The molecule has 0 heterocycles. The molecule has 0 aromatic heterocycles. The molecule has 0 fully saturated rings. The maximum absolute atomic E-state index is 10.8. The zero-order valence-corrected chi connectivity index (χ0v) is 6.49. The third kappa shape index (κ3) is 2.45. The number of benzene rings is 1. The first-order valence-corrected chi connectivity index (χ1v) is 3.45. The van der Waals surface area contributed by atoms with Gasteiger partial charge in [0.2, 0.25) is 0 Å². The van der Waals surface area contributed by atoms with Gasteiger partial charge in [-0.3, -0.25) is 0 Å². The van der Waals surface area contributed by atoms with Gasteiger partial charge in [0.05, 0.1) is 6.08 Å². The molecule has 2 heteroatoms. The highest BCUT2D eigenvalue weighted by Gasteiger charge is 1.96. The van der Waals surface area contributed by atoms with Crippen LogP contribution in [0.2, 0.25) is 0 Å². The van der Waals surface area contributed by atoms with Crippen LogP contribution >= 0.6 is 0 Å². The molecule has 0 bridgehead atoms. The minimum absolute atomic E-state index is 0.462. The summed E-state index contributed by atoms with van der Waals surface area (Å²) in [5.41, 5.74) is 2.34. The molecular formula is C10H8O2. The van der Waals surface area contributed by atoms with Crippen LogP contribution in [0.1, 0.15) is 0 Å². The predicted octanol–water partition coefficient (Wildman–Crippen LogP) is 1.93. The molecule has 0 saturated carbocycles. The predicted molar refractivity (Wildman–Crippen MR) is 45.8 cm³/mol. The van der Waals surface area contributed by atoms with Crippen molar-refractivity contribution in [3.05, 3.63) is 48.7 Å². The summed E-state index contributed by atoms with van der Waals surface area (Å²) in [5.74, 6) is 0.0604. The van der Waals surface area contributed by atoms with Crippen LogP contribution < -0.4 is 4.74 Å². The highest BCUT2D eigenvalue weighted by molar-refractivity contribution is 5.83. The van der Waals surface area contributed by atoms with Gasteiger partial charge in [0, 0.05) is 0 Å². The lowest BCUT2D eigenvalue weighted by molar-refractivity contribution is -0.128. The summed E-state index contributed by atoms with van der Waals surface area (Å²) in [6, 6.07) is 8.84. The quantitative estimate of drug-likeness (QED) is 0.286. The van der Waals surface area contributed by atoms with E-state index in [-0.39, 0.29) is 0 Å². The molecule has 1 aromatic carbocycles. The van der Waals surface area contributed by atoms with Gasteiger partial charge in [-0.05, 0) is 12.1 Å². The zero-order chi connectivity index (χ0) is 8.81. The lowest BCUT2D eigenvalue weighted by atomic mass is 10.3. The van der Waals surface area contributed by atoms with Crippen molar-refractivity contribution < 1.29 is 9.53 Å². The average molecular weight is 160 g/mol. The van der Waals surface area contributed by atoms with Gasteiger partial charge in [-0.25, -0.2) is 4.79 Å². The molecule has 1 aromatic rings. The van der Waals surface area contributed by atoms with Gasteiger partial charge in [0.1, 0.15) is 5.75 Å². The molecule has 0 saturated heterocycles. The zero-order valence-electron chi connectivity index (χ0n) is 6.49. The van der Waals surface area contributed by atoms with E-state index in [9.17, 15) is 4.79 Å². The van der Waals surface area contributed by atoms with E-state index < -0.39 is 5.97 Å². The Morgan fingerprint density at radius 3 is 2.67 bits per heavy atom. The van der Waals surface area contributed by atoms with Crippen molar-refractivity contribution in [2.75, 3.05) is 0 Å². The molecule has 2 nitrogen and oxygen atoms in total. The van der Waals surface area contributed by atoms with Crippen LogP contribution in [0.5, 0.6) is 5.75 Å². The second kappa shape index (κ2) is 4.16. The van der Waals surface area contributed by atoms with Gasteiger partial charge in [-0.1, -0.05) is 24.8 Å². The van der Waals surface area contributed by atoms with Crippen LogP contribution in [0.4, 0.5) is 0 Å². The summed E-state index contributed by atoms with van der Waals surface area (Å²) in [7, 11) is 0. The molecule has 0 unspecified atom stereocenters. The van der Waals surface area contributed by atoms with E-state index in [4.69, 9.17) is 4.74 Å². The smallest absolute Gasteiger partial charge is 0.343 e. The third-order valence-electron chi connectivity index (χ3n) is 1.18. The Morgan fingerprint density at radius 1 is 1.42 bits per heavy atom. The maximum atomic E-state index is 10.8. The minimum atomic E-state index is -0.462. The lowest BCUT2D eigenvalue weighted by Gasteiger charge is -1.97. The van der Waals surface area contributed by atoms with Crippen LogP contribution in [0, 0.1) is 0 Å². The highest BCUT2D eigenvalue weighted by atomic mass is 16.5. The Balaban J connectivity index is 2.64. The van der Waals surface area contributed by atoms with Crippen molar-refractivity contribution >= 4 is 5.97 Å². The monoisotopic (exact) mass is 160 g/mol. The number of carbonyl (C=O) groups is 1. The van der Waals surface area contributed by atoms with Crippen molar-refractivity contribution in [1.82, 2.24) is 0 Å². The fraction of sp³-hybridized carbons (Fsp3) is 0. The van der Waals surface area contributed by atoms with Crippen molar-refractivity contribution in [2.45, 2.75) is 0 Å². The van der Waals surface area contributed by atoms with Crippen LogP contribution in [0.3, 0.4) is 0 Å². The van der Waals surface area contributed by atoms with E-state index in [0.29, 0.717) is 5.75 Å². The second-order valence-electron chi connectivity index (χ2n) is 2.08. The first kappa shape index (κ1) is 8.31. The van der Waals surface area contributed by atoms with Crippen LogP contribution in [-0.4, -0.2) is 5.97 Å². The SMILES string of the molecule is C=C=CC(=O)Oc1ccccc1. The van der Waals surface area contributed by atoms with E-state index in [0.717, 1.165) is 6.08 Å². The van der Waals surface area contributed by atoms with Crippen LogP contribution in [0.25, 0.3) is 0 Å². The normalized spacial score (nSPS) is 8.33. The van der Waals surface area contributed by atoms with Crippen molar-refractivity contribution in [2.24, 2.45) is 0 Å². The molecular weight excluding hydrogens is 152 g/mol. The van der Waals surface area contributed by atoms with Crippen molar-refractivity contribution in [3.8, 4) is 5.75 Å². The Morgan fingerprint density at radius 2 is 2.08 bits per heavy atom. The first-order chi connectivity index (χ1) is 5.83. The summed E-state index contributed by atoms with van der Waals surface area (Å²) in [6.07, 6.45) is 1.15. The fourth-order valence-electron chi connectivity index (χ4n) is 0.717. The Hall–Kier alpha value is -1.79. The summed E-state index contributed by atoms with van der Waals surface area (Å²) in [6.45, 7) is 3.26. The number of carbonyl (C=O) groups excluding carboxylic acids is 1. The van der Waals surface area contributed by atoms with Gasteiger partial charge >= 0.3 is 5.97 Å². The maximum Gasteiger partial charge on any atom is 0.343 e. The topological polar surface area (TPSA) is 26.3 Å². The van der Waals surface area contributed by atoms with Crippen LogP contribution in [0.15, 0.2) is 48.7 Å².